The summed E-state index contributed by atoms with van der Waals surface area (Å²) in [6, 6.07) is 15.3. The minimum Gasteiger partial charge on any atom is -0.453 e. The maximum Gasteiger partial charge on any atom is 0.411 e. The molecule has 3 aliphatic heterocycles. The molecule has 0 unspecified atom stereocenters. The molecule has 0 saturated carbocycles. The van der Waals surface area contributed by atoms with Crippen molar-refractivity contribution in [2.45, 2.75) is 82.1 Å². The Morgan fingerprint density at radius 1 is 1.00 bits per heavy atom. The van der Waals surface area contributed by atoms with Gasteiger partial charge in [0.05, 0.1) is 7.11 Å². The number of nitrogens with one attached hydrogen (secondary N) is 1. The lowest BCUT2D eigenvalue weighted by atomic mass is 9.78. The van der Waals surface area contributed by atoms with E-state index in [1.54, 1.807) is 0 Å². The fourth-order valence-electron chi connectivity index (χ4n) is 7.71. The first-order valence-corrected chi connectivity index (χ1v) is 12.3. The monoisotopic (exact) mass is 445 g/mol. The van der Waals surface area contributed by atoms with Crippen molar-refractivity contribution in [2.24, 2.45) is 0 Å². The lowest BCUT2D eigenvalue weighted by molar-refractivity contribution is 0.107. The van der Waals surface area contributed by atoms with E-state index < -0.39 is 0 Å². The van der Waals surface area contributed by atoms with E-state index in [1.165, 1.54) is 41.3 Å². The van der Waals surface area contributed by atoms with E-state index in [4.69, 9.17) is 4.74 Å². The number of hydrogen-bond donors (Lipinski definition) is 1. The maximum atomic E-state index is 12.5. The normalized spacial score (nSPS) is 36.2. The molecule has 6 atom stereocenters. The van der Waals surface area contributed by atoms with Crippen molar-refractivity contribution in [3.63, 3.8) is 0 Å². The maximum absolute atomic E-state index is 12.5. The highest BCUT2D eigenvalue weighted by molar-refractivity contribution is 5.77. The molecule has 2 aromatic carbocycles. The van der Waals surface area contributed by atoms with Crippen molar-refractivity contribution in [2.75, 3.05) is 19.5 Å². The van der Waals surface area contributed by atoms with Crippen LogP contribution >= 0.6 is 0 Å². The second kappa shape index (κ2) is 6.75. The van der Waals surface area contributed by atoms with Gasteiger partial charge in [-0.25, -0.2) is 4.79 Å². The molecule has 2 saturated heterocycles. The summed E-state index contributed by atoms with van der Waals surface area (Å²) in [5.74, 6) is 0. The predicted molar refractivity (Wildman–Crippen MR) is 132 cm³/mol. The molecule has 1 amide bonds. The van der Waals surface area contributed by atoms with Crippen LogP contribution in [0.25, 0.3) is 11.1 Å². The van der Waals surface area contributed by atoms with Gasteiger partial charge in [-0.15, -0.1) is 0 Å². The molecule has 2 fully saturated rings. The van der Waals surface area contributed by atoms with Crippen molar-refractivity contribution in [3.8, 4) is 11.1 Å². The van der Waals surface area contributed by atoms with E-state index in [0.29, 0.717) is 12.1 Å². The van der Waals surface area contributed by atoms with Gasteiger partial charge in [0.2, 0.25) is 0 Å². The van der Waals surface area contributed by atoms with E-state index in [-0.39, 0.29) is 29.1 Å². The van der Waals surface area contributed by atoms with E-state index >= 15 is 0 Å². The van der Waals surface area contributed by atoms with Crippen LogP contribution in [0.5, 0.6) is 0 Å². The molecular weight excluding hydrogens is 410 g/mol. The summed E-state index contributed by atoms with van der Waals surface area (Å²) in [4.78, 5) is 16.9. The summed E-state index contributed by atoms with van der Waals surface area (Å²) in [6.07, 6.45) is 2.97. The van der Waals surface area contributed by atoms with Gasteiger partial charge in [0.1, 0.15) is 6.17 Å². The summed E-state index contributed by atoms with van der Waals surface area (Å²) >= 11 is 0. The number of hydrogen-bond acceptors (Lipinski definition) is 4. The standard InChI is InChI=1S/C28H35N3O2/c1-16-14-27(3)21-11-18(7-8-20(21)13-24(27)30(16)5)19-9-10-23-22(12-19)28(4)15-17(2)31(25(28)29-23)26(32)33-6/h7-12,16-17,24-25,29H,13-15H2,1-6H3/t16-,17-,24-,25+,27+,28+/m1/s1. The smallest absolute Gasteiger partial charge is 0.411 e. The Morgan fingerprint density at radius 2 is 1.67 bits per heavy atom. The van der Waals surface area contributed by atoms with Crippen LogP contribution in [0.2, 0.25) is 0 Å². The van der Waals surface area contributed by atoms with Gasteiger partial charge in [0.25, 0.3) is 0 Å². The molecule has 0 radical (unpaired) electrons. The molecule has 2 aromatic rings. The lowest BCUT2D eigenvalue weighted by Gasteiger charge is -2.29. The fraction of sp³-hybridized carbons (Fsp3) is 0.536. The van der Waals surface area contributed by atoms with Crippen molar-refractivity contribution in [1.29, 1.82) is 0 Å². The molecule has 4 aliphatic rings. The molecular formula is C28H35N3O2. The number of carbonyl (C=O) groups is 1. The van der Waals surface area contributed by atoms with Gasteiger partial charge < -0.3 is 10.1 Å². The van der Waals surface area contributed by atoms with Crippen LogP contribution < -0.4 is 5.32 Å². The number of methoxy groups -OCH3 is 1. The summed E-state index contributed by atoms with van der Waals surface area (Å²) in [6.45, 7) is 9.22. The molecule has 6 rings (SSSR count). The zero-order valence-electron chi connectivity index (χ0n) is 20.6. The number of fused-ring (bicyclic) bond motifs is 6. The summed E-state index contributed by atoms with van der Waals surface area (Å²) in [5, 5.41) is 3.62. The molecule has 0 bridgehead atoms. The number of amides is 1. The van der Waals surface area contributed by atoms with E-state index in [1.807, 2.05) is 4.90 Å². The van der Waals surface area contributed by atoms with E-state index in [9.17, 15) is 4.79 Å². The van der Waals surface area contributed by atoms with Crippen LogP contribution in [0, 0.1) is 0 Å². The molecule has 0 spiro atoms. The highest BCUT2D eigenvalue weighted by Crippen LogP contribution is 2.53. The lowest BCUT2D eigenvalue weighted by Crippen LogP contribution is -2.46. The van der Waals surface area contributed by atoms with E-state index in [0.717, 1.165) is 18.5 Å². The van der Waals surface area contributed by atoms with Gasteiger partial charge >= 0.3 is 6.09 Å². The summed E-state index contributed by atoms with van der Waals surface area (Å²) in [5.41, 5.74) is 8.15. The third kappa shape index (κ3) is 2.66. The first-order chi connectivity index (χ1) is 15.7. The van der Waals surface area contributed by atoms with Gasteiger partial charge in [-0.3, -0.25) is 9.80 Å². The minimum atomic E-state index is -0.256. The van der Waals surface area contributed by atoms with Crippen LogP contribution in [-0.4, -0.2) is 54.3 Å². The number of likely N-dealkylation sites (N-methyl/N-ethyl adjacent to an activating group) is 1. The Bertz CT molecular complexity index is 1160. The van der Waals surface area contributed by atoms with Crippen LogP contribution in [0.1, 0.15) is 57.2 Å². The Kier molecular flexibility index (Phi) is 4.30. The molecule has 3 heterocycles. The van der Waals surface area contributed by atoms with Crippen LogP contribution in [0.15, 0.2) is 36.4 Å². The number of carbonyl (C=O) groups excluding carboxylic acids is 1. The zero-order valence-corrected chi connectivity index (χ0v) is 20.6. The van der Waals surface area contributed by atoms with Crippen molar-refractivity contribution < 1.29 is 9.53 Å². The SMILES string of the molecule is COC(=O)N1[C@H](C)C[C@@]2(C)c3cc(-c4ccc5c(c4)[C@]4(C)C[C@@H](C)N(C)[C@@H]4C5)ccc3N[C@@H]12. The van der Waals surface area contributed by atoms with Crippen molar-refractivity contribution in [3.05, 3.63) is 53.1 Å². The van der Waals surface area contributed by atoms with Crippen LogP contribution in [0.3, 0.4) is 0 Å². The van der Waals surface area contributed by atoms with Gasteiger partial charge in [0, 0.05) is 34.6 Å². The zero-order chi connectivity index (χ0) is 23.3. The predicted octanol–water partition coefficient (Wildman–Crippen LogP) is 5.13. The molecule has 5 nitrogen and oxygen atoms in total. The molecule has 174 valence electrons. The summed E-state index contributed by atoms with van der Waals surface area (Å²) < 4.78 is 5.09. The molecule has 0 aromatic heterocycles. The van der Waals surface area contributed by atoms with Gasteiger partial charge in [-0.1, -0.05) is 38.1 Å². The number of ether oxygens (including phenoxy) is 1. The third-order valence-corrected chi connectivity index (χ3v) is 9.50. The molecule has 33 heavy (non-hydrogen) atoms. The highest BCUT2D eigenvalue weighted by atomic mass is 16.5. The Labute approximate surface area is 197 Å². The highest BCUT2D eigenvalue weighted by Gasteiger charge is 2.56. The third-order valence-electron chi connectivity index (χ3n) is 9.50. The molecule has 1 N–H and O–H groups in total. The van der Waals surface area contributed by atoms with Gasteiger partial charge in [0.15, 0.2) is 0 Å². The number of nitrogens with zero attached hydrogens (tertiary/aromatic N) is 2. The van der Waals surface area contributed by atoms with Crippen LogP contribution in [-0.2, 0) is 22.0 Å². The first kappa shape index (κ1) is 21.0. The Balaban J connectivity index is 1.38. The Hall–Kier alpha value is -2.53. The topological polar surface area (TPSA) is 44.8 Å². The average Bonchev–Trinajstić information content (AvgIpc) is 3.40. The molecule has 5 heteroatoms. The first-order valence-electron chi connectivity index (χ1n) is 12.3. The van der Waals surface area contributed by atoms with Crippen LogP contribution in [0.4, 0.5) is 10.5 Å². The second-order valence-electron chi connectivity index (χ2n) is 11.4. The van der Waals surface area contributed by atoms with Gasteiger partial charge in [-0.2, -0.15) is 0 Å². The molecule has 1 aliphatic carbocycles. The largest absolute Gasteiger partial charge is 0.453 e. The quantitative estimate of drug-likeness (QED) is 0.661. The second-order valence-corrected chi connectivity index (χ2v) is 11.4. The van der Waals surface area contributed by atoms with E-state index in [2.05, 4.69) is 81.4 Å². The van der Waals surface area contributed by atoms with Gasteiger partial charge in [-0.05, 0) is 80.1 Å². The number of anilines is 1. The Morgan fingerprint density at radius 3 is 2.39 bits per heavy atom. The number of rotatable bonds is 1. The fourth-order valence-corrected chi connectivity index (χ4v) is 7.71. The average molecular weight is 446 g/mol. The van der Waals surface area contributed by atoms with Crippen molar-refractivity contribution >= 4 is 11.8 Å². The summed E-state index contributed by atoms with van der Waals surface area (Å²) in [7, 11) is 3.75. The number of benzene rings is 2. The minimum absolute atomic E-state index is 0.0691. The number of likely N-dealkylation sites (tertiary alicyclic amines) is 2. The van der Waals surface area contributed by atoms with Crippen molar-refractivity contribution in [1.82, 2.24) is 9.80 Å².